The summed E-state index contributed by atoms with van der Waals surface area (Å²) in [6, 6.07) is 16.1. The third kappa shape index (κ3) is 4.32. The van der Waals surface area contributed by atoms with Crippen LogP contribution < -0.4 is 4.90 Å². The van der Waals surface area contributed by atoms with Gasteiger partial charge in [-0.15, -0.1) is 0 Å². The molecule has 0 saturated heterocycles. The van der Waals surface area contributed by atoms with Gasteiger partial charge in [0.05, 0.1) is 29.3 Å². The van der Waals surface area contributed by atoms with Crippen LogP contribution in [0.1, 0.15) is 17.5 Å². The molecule has 2 aromatic carbocycles. The summed E-state index contributed by atoms with van der Waals surface area (Å²) in [6.45, 7) is 4.41. The number of imidazole rings is 1. The van der Waals surface area contributed by atoms with E-state index in [1.807, 2.05) is 61.9 Å². The van der Waals surface area contributed by atoms with E-state index in [1.165, 1.54) is 11.8 Å². The first kappa shape index (κ1) is 19.0. The lowest BCUT2D eigenvalue weighted by atomic mass is 10.1. The molecule has 3 rings (SSSR count). The van der Waals surface area contributed by atoms with Crippen LogP contribution in [0.15, 0.2) is 47.6 Å². The van der Waals surface area contributed by atoms with E-state index in [4.69, 9.17) is 5.26 Å². The van der Waals surface area contributed by atoms with Crippen LogP contribution in [-0.2, 0) is 11.8 Å². The molecule has 1 aromatic heterocycles. The van der Waals surface area contributed by atoms with E-state index in [0.717, 1.165) is 33.0 Å². The Hall–Kier alpha value is -2.78. The van der Waals surface area contributed by atoms with Gasteiger partial charge in [0, 0.05) is 19.3 Å². The average molecular weight is 379 g/mol. The molecule has 0 N–H and O–H groups in total. The Bertz CT molecular complexity index is 998. The molecule has 0 bridgehead atoms. The number of para-hydroxylation sites is 2. The minimum atomic E-state index is -0.0210. The van der Waals surface area contributed by atoms with Gasteiger partial charge in [-0.25, -0.2) is 4.98 Å². The number of carbonyl (C=O) groups excluding carboxylic acids is 1. The maximum absolute atomic E-state index is 12.9. The minimum Gasteiger partial charge on any atom is -0.322 e. The Balaban J connectivity index is 1.79. The predicted octanol–water partition coefficient (Wildman–Crippen LogP) is 4.23. The van der Waals surface area contributed by atoms with E-state index < -0.39 is 0 Å². The number of nitriles is 1. The summed E-state index contributed by atoms with van der Waals surface area (Å²) in [5.74, 6) is 0.252. The van der Waals surface area contributed by atoms with Gasteiger partial charge in [0.1, 0.15) is 0 Å². The van der Waals surface area contributed by atoms with Crippen LogP contribution in [0.25, 0.3) is 11.0 Å². The molecule has 0 unspecified atom stereocenters. The molecule has 0 aliphatic rings. The molecule has 0 aliphatic carbocycles. The van der Waals surface area contributed by atoms with E-state index in [9.17, 15) is 4.79 Å². The van der Waals surface area contributed by atoms with Gasteiger partial charge in [-0.05, 0) is 49.2 Å². The summed E-state index contributed by atoms with van der Waals surface area (Å²) < 4.78 is 2.00. The Morgan fingerprint density at radius 2 is 1.93 bits per heavy atom. The van der Waals surface area contributed by atoms with Crippen LogP contribution in [0.3, 0.4) is 0 Å². The quantitative estimate of drug-likeness (QED) is 0.602. The van der Waals surface area contributed by atoms with Crippen molar-refractivity contribution in [1.29, 1.82) is 5.26 Å². The summed E-state index contributed by atoms with van der Waals surface area (Å²) in [7, 11) is 1.96. The summed E-state index contributed by atoms with van der Waals surface area (Å²) in [6.07, 6.45) is 0.301. The van der Waals surface area contributed by atoms with Crippen molar-refractivity contribution in [2.75, 3.05) is 17.2 Å². The number of rotatable bonds is 6. The molecular weight excluding hydrogens is 356 g/mol. The van der Waals surface area contributed by atoms with E-state index >= 15 is 0 Å². The largest absolute Gasteiger partial charge is 0.322 e. The molecule has 1 heterocycles. The zero-order valence-corrected chi connectivity index (χ0v) is 16.6. The monoisotopic (exact) mass is 378 g/mol. The summed E-state index contributed by atoms with van der Waals surface area (Å²) >= 11 is 1.42. The van der Waals surface area contributed by atoms with Crippen molar-refractivity contribution < 1.29 is 4.79 Å². The SMILES string of the molecule is Cc1cc(C)cc(N(CCC#N)C(=O)CSc2nc3ccccc3n2C)c1. The Morgan fingerprint density at radius 1 is 1.22 bits per heavy atom. The normalized spacial score (nSPS) is 10.7. The molecule has 0 aliphatic heterocycles. The zero-order valence-electron chi connectivity index (χ0n) is 15.8. The molecule has 0 atom stereocenters. The number of aromatic nitrogens is 2. The number of fused-ring (bicyclic) bond motifs is 1. The van der Waals surface area contributed by atoms with Crippen LogP contribution in [0.2, 0.25) is 0 Å². The van der Waals surface area contributed by atoms with Crippen molar-refractivity contribution >= 4 is 34.4 Å². The van der Waals surface area contributed by atoms with Crippen LogP contribution in [0, 0.1) is 25.2 Å². The molecule has 0 radical (unpaired) electrons. The van der Waals surface area contributed by atoms with Gasteiger partial charge < -0.3 is 9.47 Å². The van der Waals surface area contributed by atoms with E-state index in [2.05, 4.69) is 17.1 Å². The fourth-order valence-corrected chi connectivity index (χ4v) is 3.99. The predicted molar refractivity (Wildman–Crippen MR) is 110 cm³/mol. The third-order valence-corrected chi connectivity index (χ3v) is 5.35. The highest BCUT2D eigenvalue weighted by molar-refractivity contribution is 7.99. The average Bonchev–Trinajstić information content (AvgIpc) is 2.96. The molecule has 3 aromatic rings. The highest BCUT2D eigenvalue weighted by Gasteiger charge is 2.18. The zero-order chi connectivity index (χ0) is 19.4. The molecule has 0 fully saturated rings. The molecular formula is C21H22N4OS. The van der Waals surface area contributed by atoms with E-state index in [1.54, 1.807) is 4.90 Å². The van der Waals surface area contributed by atoms with Gasteiger partial charge in [0.25, 0.3) is 0 Å². The van der Waals surface area contributed by atoms with Crippen LogP contribution in [0.4, 0.5) is 5.69 Å². The minimum absolute atomic E-state index is 0.0210. The highest BCUT2D eigenvalue weighted by atomic mass is 32.2. The number of hydrogen-bond donors (Lipinski definition) is 0. The summed E-state index contributed by atoms with van der Waals surface area (Å²) in [5.41, 5.74) is 5.01. The fourth-order valence-electron chi connectivity index (χ4n) is 3.12. The summed E-state index contributed by atoms with van der Waals surface area (Å²) in [5, 5.41) is 9.78. The first-order valence-corrected chi connectivity index (χ1v) is 9.78. The van der Waals surface area contributed by atoms with Gasteiger partial charge >= 0.3 is 0 Å². The number of aryl methyl sites for hydroxylation is 3. The van der Waals surface area contributed by atoms with E-state index in [-0.39, 0.29) is 11.7 Å². The number of anilines is 1. The van der Waals surface area contributed by atoms with Gasteiger partial charge in [0.15, 0.2) is 5.16 Å². The Morgan fingerprint density at radius 3 is 2.59 bits per heavy atom. The summed E-state index contributed by atoms with van der Waals surface area (Å²) in [4.78, 5) is 19.2. The standard InChI is InChI=1S/C21H22N4OS/c1-15-11-16(2)13-17(12-15)25(10-6-9-22)20(26)14-27-21-23-18-7-4-5-8-19(18)24(21)3/h4-5,7-8,11-13H,6,10,14H2,1-3H3. The van der Waals surface area contributed by atoms with Gasteiger partial charge in [-0.2, -0.15) is 5.26 Å². The number of amides is 1. The van der Waals surface area contributed by atoms with Gasteiger partial charge in [0.2, 0.25) is 5.91 Å². The van der Waals surface area contributed by atoms with Gasteiger partial charge in [-0.1, -0.05) is 30.0 Å². The number of thioether (sulfide) groups is 1. The Kier molecular flexibility index (Phi) is 5.82. The lowest BCUT2D eigenvalue weighted by Gasteiger charge is -2.22. The van der Waals surface area contributed by atoms with Gasteiger partial charge in [-0.3, -0.25) is 4.79 Å². The van der Waals surface area contributed by atoms with Crippen molar-refractivity contribution in [3.05, 3.63) is 53.6 Å². The first-order valence-electron chi connectivity index (χ1n) is 8.79. The van der Waals surface area contributed by atoms with Crippen molar-refractivity contribution in [1.82, 2.24) is 9.55 Å². The van der Waals surface area contributed by atoms with Crippen LogP contribution in [0.5, 0.6) is 0 Å². The van der Waals surface area contributed by atoms with Crippen molar-refractivity contribution in [3.8, 4) is 6.07 Å². The van der Waals surface area contributed by atoms with E-state index in [0.29, 0.717) is 13.0 Å². The number of hydrogen-bond acceptors (Lipinski definition) is 4. The molecule has 138 valence electrons. The second kappa shape index (κ2) is 8.28. The molecule has 27 heavy (non-hydrogen) atoms. The third-order valence-electron chi connectivity index (χ3n) is 4.34. The maximum Gasteiger partial charge on any atom is 0.237 e. The molecule has 1 amide bonds. The molecule has 0 saturated carbocycles. The fraction of sp³-hybridized carbons (Fsp3) is 0.286. The maximum atomic E-state index is 12.9. The van der Waals surface area contributed by atoms with Crippen molar-refractivity contribution in [2.45, 2.75) is 25.4 Å². The van der Waals surface area contributed by atoms with Crippen LogP contribution >= 0.6 is 11.8 Å². The topological polar surface area (TPSA) is 61.9 Å². The molecule has 0 spiro atoms. The molecule has 5 nitrogen and oxygen atoms in total. The lowest BCUT2D eigenvalue weighted by molar-refractivity contribution is -0.116. The first-order chi connectivity index (χ1) is 13.0. The van der Waals surface area contributed by atoms with Crippen molar-refractivity contribution in [2.24, 2.45) is 7.05 Å². The highest BCUT2D eigenvalue weighted by Crippen LogP contribution is 2.25. The van der Waals surface area contributed by atoms with Crippen LogP contribution in [-0.4, -0.2) is 27.8 Å². The number of carbonyl (C=O) groups is 1. The number of nitrogens with zero attached hydrogens (tertiary/aromatic N) is 4. The Labute approximate surface area is 163 Å². The second-order valence-electron chi connectivity index (χ2n) is 6.53. The number of benzene rings is 2. The molecule has 6 heteroatoms. The second-order valence-corrected chi connectivity index (χ2v) is 7.47. The lowest BCUT2D eigenvalue weighted by Crippen LogP contribution is -2.33. The smallest absolute Gasteiger partial charge is 0.237 e. The van der Waals surface area contributed by atoms with Crippen molar-refractivity contribution in [3.63, 3.8) is 0 Å².